The van der Waals surface area contributed by atoms with Crippen LogP contribution >= 0.6 is 15.9 Å². The quantitative estimate of drug-likeness (QED) is 0.712. The molecule has 132 valence electrons. The molecule has 6 heteroatoms. The number of amides is 2. The summed E-state index contributed by atoms with van der Waals surface area (Å²) in [6, 6.07) is 17.0. The number of hydrogen-bond acceptors (Lipinski definition) is 4. The number of hydrogen-bond donors (Lipinski definition) is 0. The van der Waals surface area contributed by atoms with Crippen LogP contribution in [-0.2, 0) is 9.59 Å². The highest BCUT2D eigenvalue weighted by Crippen LogP contribution is 2.48. The van der Waals surface area contributed by atoms with Crippen molar-refractivity contribution in [1.29, 1.82) is 0 Å². The van der Waals surface area contributed by atoms with Crippen molar-refractivity contribution in [2.45, 2.75) is 18.5 Å². The summed E-state index contributed by atoms with van der Waals surface area (Å²) in [4.78, 5) is 28.0. The number of carbonyl (C=O) groups is 2. The number of carbonyl (C=O) groups excluding carboxylic acids is 2. The molecule has 26 heavy (non-hydrogen) atoms. The van der Waals surface area contributed by atoms with Crippen LogP contribution in [-0.4, -0.2) is 41.0 Å². The van der Waals surface area contributed by atoms with Gasteiger partial charge in [0.05, 0.1) is 17.6 Å². The standard InChI is InChI=1S/C20H18BrN3O2/c21-14-8-4-9-15(12-14)24-19(25)16-17(13-6-2-1-3-7-13)22-10-5-11-23(22)18(16)20(24)26/h1-4,6-9,12,16-18H,5,10-11H2/t16-,17+,18-/m1/s1. The first-order chi connectivity index (χ1) is 12.7. The number of imide groups is 1. The lowest BCUT2D eigenvalue weighted by molar-refractivity contribution is -0.126. The molecule has 2 aromatic carbocycles. The van der Waals surface area contributed by atoms with E-state index in [2.05, 4.69) is 38.1 Å². The van der Waals surface area contributed by atoms with E-state index in [1.54, 1.807) is 0 Å². The van der Waals surface area contributed by atoms with Crippen LogP contribution in [0.2, 0.25) is 0 Å². The molecule has 5 nitrogen and oxygen atoms in total. The molecule has 3 saturated heterocycles. The van der Waals surface area contributed by atoms with Crippen molar-refractivity contribution in [1.82, 2.24) is 10.0 Å². The molecule has 0 unspecified atom stereocenters. The molecule has 2 amide bonds. The minimum Gasteiger partial charge on any atom is -0.274 e. The number of rotatable bonds is 2. The number of halogens is 1. The van der Waals surface area contributed by atoms with Gasteiger partial charge in [0.25, 0.3) is 5.91 Å². The zero-order valence-electron chi connectivity index (χ0n) is 14.1. The molecule has 0 aliphatic carbocycles. The number of benzene rings is 2. The number of nitrogens with zero attached hydrogens (tertiary/aromatic N) is 3. The smallest absolute Gasteiger partial charge is 0.253 e. The second kappa shape index (κ2) is 6.01. The van der Waals surface area contributed by atoms with E-state index in [0.29, 0.717) is 5.69 Å². The van der Waals surface area contributed by atoms with E-state index in [1.165, 1.54) is 4.90 Å². The molecule has 0 N–H and O–H groups in total. The van der Waals surface area contributed by atoms with Crippen molar-refractivity contribution in [3.05, 3.63) is 64.6 Å². The first-order valence-electron chi connectivity index (χ1n) is 8.88. The second-order valence-electron chi connectivity index (χ2n) is 7.00. The van der Waals surface area contributed by atoms with E-state index in [1.807, 2.05) is 42.5 Å². The lowest BCUT2D eigenvalue weighted by atomic mass is 9.90. The third kappa shape index (κ3) is 2.22. The summed E-state index contributed by atoms with van der Waals surface area (Å²) in [6.07, 6.45) is 1.02. The van der Waals surface area contributed by atoms with Crippen molar-refractivity contribution in [2.24, 2.45) is 5.92 Å². The van der Waals surface area contributed by atoms with E-state index in [9.17, 15) is 9.59 Å². The minimum absolute atomic E-state index is 0.0719. The summed E-state index contributed by atoms with van der Waals surface area (Å²) in [5.41, 5.74) is 1.74. The lowest BCUT2D eigenvalue weighted by Gasteiger charge is -2.29. The van der Waals surface area contributed by atoms with E-state index in [0.717, 1.165) is 29.5 Å². The van der Waals surface area contributed by atoms with Crippen LogP contribution in [0.4, 0.5) is 5.69 Å². The van der Waals surface area contributed by atoms with Crippen LogP contribution in [0.25, 0.3) is 0 Å². The van der Waals surface area contributed by atoms with E-state index in [-0.39, 0.29) is 23.8 Å². The van der Waals surface area contributed by atoms with Crippen molar-refractivity contribution < 1.29 is 9.59 Å². The van der Waals surface area contributed by atoms with Gasteiger partial charge in [0, 0.05) is 17.6 Å². The maximum atomic E-state index is 13.4. The van der Waals surface area contributed by atoms with Crippen molar-refractivity contribution >= 4 is 33.4 Å². The predicted octanol–water partition coefficient (Wildman–Crippen LogP) is 2.98. The molecular formula is C20H18BrN3O2. The zero-order chi connectivity index (χ0) is 17.8. The molecule has 3 aliphatic heterocycles. The molecule has 0 saturated carbocycles. The topological polar surface area (TPSA) is 43.9 Å². The normalized spacial score (nSPS) is 28.7. The largest absolute Gasteiger partial charge is 0.274 e. The summed E-state index contributed by atoms with van der Waals surface area (Å²) in [7, 11) is 0. The molecule has 5 rings (SSSR count). The van der Waals surface area contributed by atoms with Gasteiger partial charge in [-0.15, -0.1) is 0 Å². The van der Waals surface area contributed by atoms with Gasteiger partial charge in [-0.05, 0) is 30.2 Å². The molecule has 3 atom stereocenters. The number of hydrazine groups is 1. The average Bonchev–Trinajstić information content (AvgIpc) is 3.28. The Balaban J connectivity index is 1.60. The first-order valence-corrected chi connectivity index (χ1v) is 9.67. The average molecular weight is 412 g/mol. The highest BCUT2D eigenvalue weighted by atomic mass is 79.9. The van der Waals surface area contributed by atoms with Gasteiger partial charge in [-0.2, -0.15) is 0 Å². The molecule has 3 heterocycles. The summed E-state index contributed by atoms with van der Waals surface area (Å²) in [5, 5.41) is 4.36. The number of fused-ring (bicyclic) bond motifs is 3. The summed E-state index contributed by atoms with van der Waals surface area (Å²) in [5.74, 6) is -0.561. The van der Waals surface area contributed by atoms with Crippen LogP contribution in [0.15, 0.2) is 59.1 Å². The monoisotopic (exact) mass is 411 g/mol. The fourth-order valence-corrected chi connectivity index (χ4v) is 5.02. The van der Waals surface area contributed by atoms with Gasteiger partial charge >= 0.3 is 0 Å². The van der Waals surface area contributed by atoms with E-state index >= 15 is 0 Å². The van der Waals surface area contributed by atoms with Gasteiger partial charge in [0.1, 0.15) is 6.04 Å². The SMILES string of the molecule is O=C1[C@H]2[C@H](C(=O)N1c1cccc(Br)c1)N1CCCN1[C@H]2c1ccccc1. The Morgan fingerprint density at radius 2 is 1.58 bits per heavy atom. The lowest BCUT2D eigenvalue weighted by Crippen LogP contribution is -2.44. The zero-order valence-corrected chi connectivity index (χ0v) is 15.7. The molecule has 3 fully saturated rings. The van der Waals surface area contributed by atoms with Crippen LogP contribution < -0.4 is 4.90 Å². The van der Waals surface area contributed by atoms with Crippen molar-refractivity contribution in [2.75, 3.05) is 18.0 Å². The first kappa shape index (κ1) is 16.2. The van der Waals surface area contributed by atoms with E-state index in [4.69, 9.17) is 0 Å². The fraction of sp³-hybridized carbons (Fsp3) is 0.300. The van der Waals surface area contributed by atoms with Gasteiger partial charge < -0.3 is 0 Å². The van der Waals surface area contributed by atoms with Gasteiger partial charge in [0.2, 0.25) is 5.91 Å². The minimum atomic E-state index is -0.394. The van der Waals surface area contributed by atoms with Crippen LogP contribution in [0, 0.1) is 5.92 Å². The molecule has 3 aliphatic rings. The third-order valence-electron chi connectivity index (χ3n) is 5.61. The molecule has 0 bridgehead atoms. The van der Waals surface area contributed by atoms with Gasteiger partial charge in [0.15, 0.2) is 0 Å². The van der Waals surface area contributed by atoms with Crippen molar-refractivity contribution in [3.8, 4) is 0 Å². The summed E-state index contributed by atoms with van der Waals surface area (Å²) in [6.45, 7) is 1.72. The Kier molecular flexibility index (Phi) is 3.74. The van der Waals surface area contributed by atoms with Crippen molar-refractivity contribution in [3.63, 3.8) is 0 Å². The Hall–Kier alpha value is -2.02. The van der Waals surface area contributed by atoms with Gasteiger partial charge in [-0.25, -0.2) is 14.9 Å². The van der Waals surface area contributed by atoms with Crippen LogP contribution in [0.3, 0.4) is 0 Å². The molecule has 2 aromatic rings. The van der Waals surface area contributed by atoms with Gasteiger partial charge in [-0.3, -0.25) is 9.59 Å². The summed E-state index contributed by atoms with van der Waals surface area (Å²) < 4.78 is 0.857. The highest BCUT2D eigenvalue weighted by molar-refractivity contribution is 9.10. The van der Waals surface area contributed by atoms with Gasteiger partial charge in [-0.1, -0.05) is 52.3 Å². The Labute approximate surface area is 160 Å². The second-order valence-corrected chi connectivity index (χ2v) is 7.91. The third-order valence-corrected chi connectivity index (χ3v) is 6.11. The summed E-state index contributed by atoms with van der Waals surface area (Å²) >= 11 is 3.44. The maximum Gasteiger partial charge on any atom is 0.253 e. The predicted molar refractivity (Wildman–Crippen MR) is 101 cm³/mol. The Bertz CT molecular complexity index is 888. The molecule has 0 aromatic heterocycles. The fourth-order valence-electron chi connectivity index (χ4n) is 4.63. The van der Waals surface area contributed by atoms with E-state index < -0.39 is 6.04 Å². The van der Waals surface area contributed by atoms with Crippen LogP contribution in [0.5, 0.6) is 0 Å². The molecular weight excluding hydrogens is 394 g/mol. The Morgan fingerprint density at radius 3 is 2.31 bits per heavy atom. The molecule has 0 radical (unpaired) electrons. The highest BCUT2D eigenvalue weighted by Gasteiger charge is 2.62. The Morgan fingerprint density at radius 1 is 0.846 bits per heavy atom. The molecule has 0 spiro atoms. The van der Waals surface area contributed by atoms with Crippen LogP contribution in [0.1, 0.15) is 18.0 Å². The number of anilines is 1. The maximum absolute atomic E-state index is 13.4.